The quantitative estimate of drug-likeness (QED) is 0.673. The van der Waals surface area contributed by atoms with Crippen molar-refractivity contribution in [1.82, 2.24) is 9.97 Å². The molecule has 1 atom stereocenters. The number of methoxy groups -OCH3 is 1. The van der Waals surface area contributed by atoms with Crippen LogP contribution in [0, 0.1) is 0 Å². The molecule has 2 aromatic heterocycles. The van der Waals surface area contributed by atoms with E-state index in [1.807, 2.05) is 0 Å². The van der Waals surface area contributed by atoms with Crippen LogP contribution in [0.4, 0.5) is 13.2 Å². The van der Waals surface area contributed by atoms with Gasteiger partial charge in [0.05, 0.1) is 7.11 Å². The molecule has 3 aromatic rings. The first-order chi connectivity index (χ1) is 12.3. The summed E-state index contributed by atoms with van der Waals surface area (Å²) in [5, 5.41) is 10.4. The molecule has 0 amide bonds. The van der Waals surface area contributed by atoms with Crippen LogP contribution in [-0.2, 0) is 0 Å². The Morgan fingerprint density at radius 3 is 2.77 bits per heavy atom. The minimum atomic E-state index is -4.36. The molecule has 26 heavy (non-hydrogen) atoms. The van der Waals surface area contributed by atoms with Crippen LogP contribution in [-0.4, -0.2) is 28.4 Å². The van der Waals surface area contributed by atoms with E-state index in [0.29, 0.717) is 21.9 Å². The zero-order chi connectivity index (χ0) is 18.9. The number of alkyl halides is 3. The summed E-state index contributed by atoms with van der Waals surface area (Å²) in [4.78, 5) is 8.10. The van der Waals surface area contributed by atoms with Gasteiger partial charge in [-0.15, -0.1) is 0 Å². The van der Waals surface area contributed by atoms with Crippen LogP contribution in [0.5, 0.6) is 5.75 Å². The lowest BCUT2D eigenvalue weighted by Crippen LogP contribution is -2.10. The number of hydrogen-bond acceptors (Lipinski definition) is 5. The van der Waals surface area contributed by atoms with Crippen molar-refractivity contribution in [2.24, 2.45) is 0 Å². The van der Waals surface area contributed by atoms with Gasteiger partial charge in [-0.1, -0.05) is 11.6 Å². The van der Waals surface area contributed by atoms with Gasteiger partial charge in [0.1, 0.15) is 11.9 Å². The monoisotopic (exact) mass is 386 g/mol. The molecule has 0 aliphatic heterocycles. The lowest BCUT2D eigenvalue weighted by atomic mass is 10.1. The Morgan fingerprint density at radius 2 is 2.08 bits per heavy atom. The molecular formula is C17H14ClF3N2O3. The highest BCUT2D eigenvalue weighted by Crippen LogP contribution is 2.34. The van der Waals surface area contributed by atoms with Gasteiger partial charge in [0.15, 0.2) is 11.2 Å². The molecule has 1 unspecified atom stereocenters. The number of ether oxygens (including phenoxy) is 1. The third kappa shape index (κ3) is 4.08. The van der Waals surface area contributed by atoms with Crippen LogP contribution in [0.25, 0.3) is 22.4 Å². The second-order valence-electron chi connectivity index (χ2n) is 5.61. The molecule has 0 aliphatic rings. The number of aliphatic hydroxyl groups excluding tert-OH is 1. The Morgan fingerprint density at radius 1 is 1.31 bits per heavy atom. The highest BCUT2D eigenvalue weighted by atomic mass is 35.5. The maximum absolute atomic E-state index is 12.3. The highest BCUT2D eigenvalue weighted by Gasteiger charge is 2.29. The third-order valence-electron chi connectivity index (χ3n) is 3.72. The number of benzene rings is 1. The topological polar surface area (TPSA) is 68.4 Å². The van der Waals surface area contributed by atoms with Crippen LogP contribution in [0.2, 0.25) is 5.02 Å². The largest absolute Gasteiger partial charge is 0.496 e. The van der Waals surface area contributed by atoms with Crippen molar-refractivity contribution in [3.05, 3.63) is 41.4 Å². The summed E-state index contributed by atoms with van der Waals surface area (Å²) in [6, 6.07) is 6.71. The van der Waals surface area contributed by atoms with Gasteiger partial charge < -0.3 is 14.3 Å². The Labute approximate surface area is 151 Å². The smallest absolute Gasteiger partial charge is 0.389 e. The van der Waals surface area contributed by atoms with Crippen molar-refractivity contribution in [3.63, 3.8) is 0 Å². The average molecular weight is 387 g/mol. The molecule has 0 saturated carbocycles. The number of oxazole rings is 1. The minimum absolute atomic E-state index is 0.197. The molecule has 0 saturated heterocycles. The number of halogens is 4. The number of fused-ring (bicyclic) bond motifs is 1. The summed E-state index contributed by atoms with van der Waals surface area (Å²) in [5.41, 5.74) is 1.81. The summed E-state index contributed by atoms with van der Waals surface area (Å²) >= 11 is 5.95. The standard InChI is InChI=1S/C17H14ClF3N2O3/c1-25-13-7-10(18)2-3-11(13)9-6-14-15(22-8-9)23-16(26-14)12(24)4-5-17(19,20)21/h2-3,6-8,12,24H,4-5H2,1H3. The molecule has 1 N–H and O–H groups in total. The van der Waals surface area contributed by atoms with Gasteiger partial charge in [-0.25, -0.2) is 4.98 Å². The molecule has 2 heterocycles. The summed E-state index contributed by atoms with van der Waals surface area (Å²) in [7, 11) is 1.50. The van der Waals surface area contributed by atoms with Crippen molar-refractivity contribution in [1.29, 1.82) is 0 Å². The van der Waals surface area contributed by atoms with E-state index in [-0.39, 0.29) is 17.1 Å². The second-order valence-corrected chi connectivity index (χ2v) is 6.05. The summed E-state index contributed by atoms with van der Waals surface area (Å²) in [6.45, 7) is 0. The van der Waals surface area contributed by atoms with Crippen molar-refractivity contribution >= 4 is 22.8 Å². The van der Waals surface area contributed by atoms with Crippen molar-refractivity contribution in [2.75, 3.05) is 7.11 Å². The number of rotatable bonds is 5. The molecule has 9 heteroatoms. The van der Waals surface area contributed by atoms with E-state index in [2.05, 4.69) is 9.97 Å². The van der Waals surface area contributed by atoms with Crippen LogP contribution < -0.4 is 4.74 Å². The summed E-state index contributed by atoms with van der Waals surface area (Å²) < 4.78 is 47.5. The van der Waals surface area contributed by atoms with Crippen LogP contribution in [0.15, 0.2) is 34.9 Å². The van der Waals surface area contributed by atoms with E-state index < -0.39 is 25.1 Å². The van der Waals surface area contributed by atoms with E-state index in [1.165, 1.54) is 13.3 Å². The normalized spacial score (nSPS) is 13.2. The maximum atomic E-state index is 12.3. The number of pyridine rings is 1. The van der Waals surface area contributed by atoms with Gasteiger partial charge in [0, 0.05) is 28.8 Å². The van der Waals surface area contributed by atoms with Gasteiger partial charge in [0.25, 0.3) is 0 Å². The van der Waals surface area contributed by atoms with Gasteiger partial charge in [0.2, 0.25) is 5.89 Å². The van der Waals surface area contributed by atoms with E-state index in [9.17, 15) is 18.3 Å². The fourth-order valence-electron chi connectivity index (χ4n) is 2.45. The zero-order valence-corrected chi connectivity index (χ0v) is 14.3. The fourth-order valence-corrected chi connectivity index (χ4v) is 2.62. The zero-order valence-electron chi connectivity index (χ0n) is 13.5. The van der Waals surface area contributed by atoms with Crippen molar-refractivity contribution < 1.29 is 27.4 Å². The average Bonchev–Trinajstić information content (AvgIpc) is 3.02. The number of hydrogen-bond donors (Lipinski definition) is 1. The van der Waals surface area contributed by atoms with E-state index in [0.717, 1.165) is 0 Å². The van der Waals surface area contributed by atoms with Crippen LogP contribution >= 0.6 is 11.6 Å². The number of aromatic nitrogens is 2. The molecule has 0 bridgehead atoms. The first kappa shape index (κ1) is 18.5. The number of aliphatic hydroxyl groups is 1. The first-order valence-electron chi connectivity index (χ1n) is 7.62. The van der Waals surface area contributed by atoms with Crippen LogP contribution in [0.1, 0.15) is 24.8 Å². The Bertz CT molecular complexity index is 927. The minimum Gasteiger partial charge on any atom is -0.496 e. The second kappa shape index (κ2) is 7.13. The van der Waals surface area contributed by atoms with Crippen LogP contribution in [0.3, 0.4) is 0 Å². The van der Waals surface area contributed by atoms with E-state index in [1.54, 1.807) is 24.3 Å². The molecule has 5 nitrogen and oxygen atoms in total. The molecule has 0 spiro atoms. The Hall–Kier alpha value is -2.32. The summed E-state index contributed by atoms with van der Waals surface area (Å²) in [5.74, 6) is 0.334. The van der Waals surface area contributed by atoms with Crippen molar-refractivity contribution in [2.45, 2.75) is 25.1 Å². The number of nitrogens with zero attached hydrogens (tertiary/aromatic N) is 2. The molecule has 0 aliphatic carbocycles. The fraction of sp³-hybridized carbons (Fsp3) is 0.294. The molecule has 0 radical (unpaired) electrons. The van der Waals surface area contributed by atoms with E-state index in [4.69, 9.17) is 20.8 Å². The predicted octanol–water partition coefficient (Wildman–Crippen LogP) is 4.93. The van der Waals surface area contributed by atoms with Gasteiger partial charge in [-0.3, -0.25) is 0 Å². The highest BCUT2D eigenvalue weighted by molar-refractivity contribution is 6.30. The first-order valence-corrected chi connectivity index (χ1v) is 8.00. The Kier molecular flexibility index (Phi) is 5.06. The third-order valence-corrected chi connectivity index (χ3v) is 3.96. The molecular weight excluding hydrogens is 373 g/mol. The summed E-state index contributed by atoms with van der Waals surface area (Å²) in [6.07, 6.45) is -5.95. The Balaban J connectivity index is 1.90. The molecule has 1 aromatic carbocycles. The molecule has 0 fully saturated rings. The predicted molar refractivity (Wildman–Crippen MR) is 89.1 cm³/mol. The van der Waals surface area contributed by atoms with Gasteiger partial charge in [-0.2, -0.15) is 18.2 Å². The molecule has 3 rings (SSSR count). The SMILES string of the molecule is COc1cc(Cl)ccc1-c1cnc2nc(C(O)CCC(F)(F)F)oc2c1. The van der Waals surface area contributed by atoms with Gasteiger partial charge in [-0.05, 0) is 30.7 Å². The lowest BCUT2D eigenvalue weighted by molar-refractivity contribution is -0.140. The molecule has 138 valence electrons. The van der Waals surface area contributed by atoms with Gasteiger partial charge >= 0.3 is 6.18 Å². The van der Waals surface area contributed by atoms with E-state index >= 15 is 0 Å². The maximum Gasteiger partial charge on any atom is 0.389 e. The lowest BCUT2D eigenvalue weighted by Gasteiger charge is -2.08. The van der Waals surface area contributed by atoms with Crippen molar-refractivity contribution in [3.8, 4) is 16.9 Å².